The van der Waals surface area contributed by atoms with Gasteiger partial charge in [0.05, 0.1) is 0 Å². The molecule has 0 bridgehead atoms. The van der Waals surface area contributed by atoms with Crippen LogP contribution in [0.2, 0.25) is 0 Å². The first-order valence-corrected chi connectivity index (χ1v) is 10.4. The smallest absolute Gasteiger partial charge is 0.179 e. The van der Waals surface area contributed by atoms with Crippen molar-refractivity contribution < 1.29 is 0 Å². The van der Waals surface area contributed by atoms with Gasteiger partial charge in [-0.2, -0.15) is 0 Å². The van der Waals surface area contributed by atoms with Gasteiger partial charge in [-0.1, -0.05) is 36.4 Å². The molecule has 134 valence electrons. The number of hydrogen-bond acceptors (Lipinski definition) is 1. The Labute approximate surface area is 165 Å². The summed E-state index contributed by atoms with van der Waals surface area (Å²) in [4.78, 5) is 12.3. The largest absolute Gasteiger partial charge is 0.290 e. The van der Waals surface area contributed by atoms with Crippen molar-refractivity contribution in [1.82, 2.24) is 0 Å². The van der Waals surface area contributed by atoms with Gasteiger partial charge in [0.1, 0.15) is 0 Å². The second kappa shape index (κ2) is 4.58. The number of fused-ring (bicyclic) bond motifs is 11. The summed E-state index contributed by atoms with van der Waals surface area (Å²) in [5, 5.41) is 16.1. The van der Waals surface area contributed by atoms with Crippen molar-refractivity contribution in [3.63, 3.8) is 0 Å². The van der Waals surface area contributed by atoms with Crippen LogP contribution in [-0.4, -0.2) is 0 Å². The number of rotatable bonds is 0. The first-order valence-electron chi connectivity index (χ1n) is 10.4. The first kappa shape index (κ1) is 14.5. The molecule has 0 aliphatic heterocycles. The van der Waals surface area contributed by atoms with Crippen LogP contribution in [0.15, 0.2) is 53.3 Å². The van der Waals surface area contributed by atoms with E-state index in [0.29, 0.717) is 0 Å². The fourth-order valence-corrected chi connectivity index (χ4v) is 6.07. The van der Waals surface area contributed by atoms with Gasteiger partial charge in [0.25, 0.3) is 0 Å². The minimum Gasteiger partial charge on any atom is -0.290 e. The van der Waals surface area contributed by atoms with Crippen molar-refractivity contribution in [2.24, 2.45) is 0 Å². The minimum atomic E-state index is 0.0875. The molecule has 0 unspecified atom stereocenters. The SMILES string of the molecule is O=c1ccc2c(c1)c1ccccc3c4c(c5c6cc7c(c6c2c1c35)C7)=CCCC=4. The van der Waals surface area contributed by atoms with Crippen LogP contribution in [0.5, 0.6) is 0 Å². The van der Waals surface area contributed by atoms with Crippen molar-refractivity contribution >= 4 is 66.0 Å². The van der Waals surface area contributed by atoms with Crippen molar-refractivity contribution in [1.29, 1.82) is 0 Å². The molecule has 6 aromatic carbocycles. The van der Waals surface area contributed by atoms with E-state index in [2.05, 4.69) is 48.6 Å². The van der Waals surface area contributed by atoms with E-state index < -0.39 is 0 Å². The third kappa shape index (κ3) is 1.56. The average molecular weight is 368 g/mol. The topological polar surface area (TPSA) is 17.1 Å². The van der Waals surface area contributed by atoms with Crippen LogP contribution >= 0.6 is 0 Å². The third-order valence-electron chi connectivity index (χ3n) is 7.23. The Kier molecular flexibility index (Phi) is 2.29. The Balaban J connectivity index is 1.91. The van der Waals surface area contributed by atoms with E-state index in [-0.39, 0.29) is 5.43 Å². The molecule has 0 aromatic heterocycles. The van der Waals surface area contributed by atoms with Crippen molar-refractivity contribution in [2.75, 3.05) is 0 Å². The quantitative estimate of drug-likeness (QED) is 0.370. The molecule has 2 aliphatic carbocycles. The molecule has 0 fully saturated rings. The Bertz CT molecular complexity index is 1890. The van der Waals surface area contributed by atoms with Gasteiger partial charge in [-0.3, -0.25) is 4.79 Å². The lowest BCUT2D eigenvalue weighted by atomic mass is 9.97. The number of hydrogen-bond donors (Lipinski definition) is 0. The van der Waals surface area contributed by atoms with Crippen LogP contribution in [0.1, 0.15) is 24.0 Å². The Morgan fingerprint density at radius 2 is 1.31 bits per heavy atom. The maximum absolute atomic E-state index is 12.3. The highest BCUT2D eigenvalue weighted by Gasteiger charge is 2.29. The van der Waals surface area contributed by atoms with E-state index in [0.717, 1.165) is 24.6 Å². The zero-order valence-corrected chi connectivity index (χ0v) is 15.8. The highest BCUT2D eigenvalue weighted by Crippen LogP contribution is 2.50. The molecule has 29 heavy (non-hydrogen) atoms. The second-order valence-corrected chi connectivity index (χ2v) is 8.68. The van der Waals surface area contributed by atoms with Gasteiger partial charge in [-0.15, -0.1) is 0 Å². The zero-order chi connectivity index (χ0) is 18.9. The lowest BCUT2D eigenvalue weighted by Crippen LogP contribution is -2.22. The Hall–Kier alpha value is -3.45. The normalized spacial score (nSPS) is 15.2. The maximum atomic E-state index is 12.3. The molecule has 0 amide bonds. The van der Waals surface area contributed by atoms with Gasteiger partial charge < -0.3 is 0 Å². The molecule has 1 nitrogen and oxygen atoms in total. The lowest BCUT2D eigenvalue weighted by Gasteiger charge is -2.05. The van der Waals surface area contributed by atoms with Gasteiger partial charge in [-0.25, -0.2) is 0 Å². The summed E-state index contributed by atoms with van der Waals surface area (Å²) in [6, 6.07) is 16.8. The average Bonchev–Trinajstić information content (AvgIpc) is 3.12. The van der Waals surface area contributed by atoms with Crippen LogP contribution in [0.3, 0.4) is 0 Å². The summed E-state index contributed by atoms with van der Waals surface area (Å²) in [7, 11) is 0. The summed E-state index contributed by atoms with van der Waals surface area (Å²) in [5.41, 5.74) is 3.11. The summed E-state index contributed by atoms with van der Waals surface area (Å²) in [5.74, 6) is 0. The predicted molar refractivity (Wildman–Crippen MR) is 123 cm³/mol. The van der Waals surface area contributed by atoms with Gasteiger partial charge in [0.2, 0.25) is 0 Å². The summed E-state index contributed by atoms with van der Waals surface area (Å²) in [6.45, 7) is 0. The standard InChI is InChI=1S/C28H16O/c29-15-9-10-20-22(13-15)19-8-4-3-7-18-16-5-1-2-6-17(16)24-23-12-14-11-21(14)25(23)27(20)28(19)26(18)24/h3-10,12-13H,1-2,11H2. The molecule has 8 rings (SSSR count). The molecule has 6 aromatic rings. The first-order chi connectivity index (χ1) is 14.3. The molecule has 0 radical (unpaired) electrons. The Morgan fingerprint density at radius 1 is 0.586 bits per heavy atom. The molecule has 0 saturated heterocycles. The van der Waals surface area contributed by atoms with Crippen LogP contribution in [0, 0.1) is 0 Å². The Morgan fingerprint density at radius 3 is 2.21 bits per heavy atom. The van der Waals surface area contributed by atoms with Crippen LogP contribution < -0.4 is 15.9 Å². The molecule has 0 atom stereocenters. The lowest BCUT2D eigenvalue weighted by molar-refractivity contribution is 1.13. The van der Waals surface area contributed by atoms with Crippen molar-refractivity contribution in [3.05, 3.63) is 80.3 Å². The molecular weight excluding hydrogens is 352 g/mol. The molecule has 0 N–H and O–H groups in total. The fraction of sp³-hybridized carbons (Fsp3) is 0.107. The molecule has 0 saturated carbocycles. The van der Waals surface area contributed by atoms with Crippen molar-refractivity contribution in [2.45, 2.75) is 19.3 Å². The summed E-state index contributed by atoms with van der Waals surface area (Å²) in [6.07, 6.45) is 8.21. The molecular formula is C28H16O. The van der Waals surface area contributed by atoms with Gasteiger partial charge >= 0.3 is 0 Å². The van der Waals surface area contributed by atoms with E-state index in [1.54, 1.807) is 6.07 Å². The third-order valence-corrected chi connectivity index (χ3v) is 7.23. The highest BCUT2D eigenvalue weighted by molar-refractivity contribution is 6.44. The van der Waals surface area contributed by atoms with E-state index in [1.807, 2.05) is 6.07 Å². The van der Waals surface area contributed by atoms with E-state index in [4.69, 9.17) is 0 Å². The molecule has 0 heterocycles. The second-order valence-electron chi connectivity index (χ2n) is 8.68. The van der Waals surface area contributed by atoms with Gasteiger partial charge in [0.15, 0.2) is 5.43 Å². The summed E-state index contributed by atoms with van der Waals surface area (Å²) < 4.78 is 0. The van der Waals surface area contributed by atoms with Crippen LogP contribution in [0.4, 0.5) is 0 Å². The van der Waals surface area contributed by atoms with Crippen LogP contribution in [-0.2, 0) is 6.42 Å². The van der Waals surface area contributed by atoms with E-state index in [9.17, 15) is 4.79 Å². The van der Waals surface area contributed by atoms with E-state index in [1.165, 1.54) is 70.0 Å². The van der Waals surface area contributed by atoms with Gasteiger partial charge in [0, 0.05) is 0 Å². The highest BCUT2D eigenvalue weighted by atomic mass is 16.1. The number of benzene rings is 2. The minimum absolute atomic E-state index is 0.0875. The molecule has 1 heteroatoms. The zero-order valence-electron chi connectivity index (χ0n) is 15.8. The van der Waals surface area contributed by atoms with Gasteiger partial charge in [-0.05, 0) is 119 Å². The maximum Gasteiger partial charge on any atom is 0.179 e. The predicted octanol–water partition coefficient (Wildman–Crippen LogP) is 4.95. The monoisotopic (exact) mass is 368 g/mol. The van der Waals surface area contributed by atoms with Crippen LogP contribution in [0.25, 0.3) is 66.0 Å². The van der Waals surface area contributed by atoms with Crippen molar-refractivity contribution in [3.8, 4) is 0 Å². The molecule has 0 spiro atoms. The molecule has 2 aliphatic rings. The van der Waals surface area contributed by atoms with E-state index >= 15 is 0 Å². The fourth-order valence-electron chi connectivity index (χ4n) is 6.07. The summed E-state index contributed by atoms with van der Waals surface area (Å²) >= 11 is 0.